The summed E-state index contributed by atoms with van der Waals surface area (Å²) in [6.45, 7) is 2.42. The van der Waals surface area contributed by atoms with E-state index in [1.807, 2.05) is 0 Å². The van der Waals surface area contributed by atoms with Crippen molar-refractivity contribution in [3.05, 3.63) is 0 Å². The Labute approximate surface area is 96.1 Å². The number of carbonyl (C=O) groups excluding carboxylic acids is 1. The quantitative estimate of drug-likeness (QED) is 0.627. The molecule has 0 aromatic carbocycles. The summed E-state index contributed by atoms with van der Waals surface area (Å²) in [6, 6.07) is 0.403. The summed E-state index contributed by atoms with van der Waals surface area (Å²) >= 11 is 0. The second kappa shape index (κ2) is 4.00. The number of hydrogen-bond donors (Lipinski definition) is 2. The van der Waals surface area contributed by atoms with Gasteiger partial charge < -0.3 is 15.4 Å². The van der Waals surface area contributed by atoms with Crippen molar-refractivity contribution in [2.24, 2.45) is 5.92 Å². The largest absolute Gasteiger partial charge is 0.381 e. The number of ether oxygens (including phenoxy) is 1. The van der Waals surface area contributed by atoms with Crippen molar-refractivity contribution in [2.45, 2.75) is 43.7 Å². The third-order valence-electron chi connectivity index (χ3n) is 4.40. The van der Waals surface area contributed by atoms with Gasteiger partial charge in [-0.1, -0.05) is 6.42 Å². The Morgan fingerprint density at radius 3 is 2.88 bits per heavy atom. The van der Waals surface area contributed by atoms with Gasteiger partial charge in [0.25, 0.3) is 0 Å². The topological polar surface area (TPSA) is 50.4 Å². The number of fused-ring (bicyclic) bond motifs is 1. The highest BCUT2D eigenvalue weighted by molar-refractivity contribution is 5.80. The smallest absolute Gasteiger partial charge is 0.224 e. The summed E-state index contributed by atoms with van der Waals surface area (Å²) in [5, 5.41) is 6.88. The van der Waals surface area contributed by atoms with Crippen molar-refractivity contribution >= 4 is 5.91 Å². The standard InChI is InChI=1S/C12H20N2O2/c15-11-9-2-1-3-10(9)14-12(8-13-11)4-6-16-7-5-12/h9-10,14H,1-8H2,(H,13,15). The molecule has 2 atom stereocenters. The maximum Gasteiger partial charge on any atom is 0.224 e. The van der Waals surface area contributed by atoms with Gasteiger partial charge in [-0.25, -0.2) is 0 Å². The van der Waals surface area contributed by atoms with Gasteiger partial charge in [-0.05, 0) is 25.7 Å². The third kappa shape index (κ3) is 1.74. The molecule has 2 saturated heterocycles. The first-order valence-corrected chi connectivity index (χ1v) is 6.42. The molecule has 0 aromatic rings. The lowest BCUT2D eigenvalue weighted by atomic mass is 9.89. The number of hydrogen-bond acceptors (Lipinski definition) is 3. The van der Waals surface area contributed by atoms with Gasteiger partial charge in [-0.3, -0.25) is 4.79 Å². The summed E-state index contributed by atoms with van der Waals surface area (Å²) in [4.78, 5) is 11.9. The summed E-state index contributed by atoms with van der Waals surface area (Å²) in [6.07, 6.45) is 5.44. The van der Waals surface area contributed by atoms with Crippen molar-refractivity contribution in [1.29, 1.82) is 0 Å². The minimum Gasteiger partial charge on any atom is -0.381 e. The predicted octanol–water partition coefficient (Wildman–Crippen LogP) is 0.424. The van der Waals surface area contributed by atoms with Gasteiger partial charge in [0.05, 0.1) is 5.92 Å². The molecule has 4 nitrogen and oxygen atoms in total. The molecule has 3 rings (SSSR count). The number of carbonyl (C=O) groups is 1. The molecular formula is C12H20N2O2. The lowest BCUT2D eigenvalue weighted by molar-refractivity contribution is -0.124. The van der Waals surface area contributed by atoms with E-state index in [1.54, 1.807) is 0 Å². The molecule has 16 heavy (non-hydrogen) atoms. The van der Waals surface area contributed by atoms with Gasteiger partial charge >= 0.3 is 0 Å². The lowest BCUT2D eigenvalue weighted by Crippen LogP contribution is -2.56. The SMILES string of the molecule is O=C1NCC2(CCOCC2)NC2CCCC12. The summed E-state index contributed by atoms with van der Waals surface area (Å²) < 4.78 is 5.42. The van der Waals surface area contributed by atoms with E-state index in [0.717, 1.165) is 45.4 Å². The van der Waals surface area contributed by atoms with Gasteiger partial charge in [0.1, 0.15) is 0 Å². The second-order valence-electron chi connectivity index (χ2n) is 5.40. The molecule has 2 aliphatic heterocycles. The predicted molar refractivity (Wildman–Crippen MR) is 60.1 cm³/mol. The van der Waals surface area contributed by atoms with Crippen molar-refractivity contribution in [3.63, 3.8) is 0 Å². The van der Waals surface area contributed by atoms with Crippen LogP contribution in [0.2, 0.25) is 0 Å². The maximum absolute atomic E-state index is 11.9. The Balaban J connectivity index is 1.79. The van der Waals surface area contributed by atoms with Crippen LogP contribution in [-0.2, 0) is 9.53 Å². The number of amides is 1. The monoisotopic (exact) mass is 224 g/mol. The molecule has 0 radical (unpaired) electrons. The summed E-state index contributed by atoms with van der Waals surface area (Å²) in [5.41, 5.74) is 0.109. The van der Waals surface area contributed by atoms with Crippen LogP contribution in [-0.4, -0.2) is 37.2 Å². The zero-order valence-electron chi connectivity index (χ0n) is 9.63. The molecule has 3 aliphatic rings. The minimum absolute atomic E-state index is 0.109. The first kappa shape index (κ1) is 10.5. The first-order chi connectivity index (χ1) is 7.79. The lowest BCUT2D eigenvalue weighted by Gasteiger charge is -2.39. The van der Waals surface area contributed by atoms with Crippen LogP contribution in [0.5, 0.6) is 0 Å². The molecular weight excluding hydrogens is 204 g/mol. The fourth-order valence-corrected chi connectivity index (χ4v) is 3.36. The normalized spacial score (nSPS) is 37.9. The Morgan fingerprint density at radius 1 is 1.25 bits per heavy atom. The van der Waals surface area contributed by atoms with Crippen molar-refractivity contribution < 1.29 is 9.53 Å². The van der Waals surface area contributed by atoms with Crippen LogP contribution in [0.3, 0.4) is 0 Å². The van der Waals surface area contributed by atoms with E-state index in [2.05, 4.69) is 10.6 Å². The van der Waals surface area contributed by atoms with E-state index in [0.29, 0.717) is 6.04 Å². The molecule has 2 heterocycles. The van der Waals surface area contributed by atoms with Crippen molar-refractivity contribution in [3.8, 4) is 0 Å². The van der Waals surface area contributed by atoms with Crippen LogP contribution < -0.4 is 10.6 Å². The molecule has 3 fully saturated rings. The average Bonchev–Trinajstić information content (AvgIpc) is 2.71. The van der Waals surface area contributed by atoms with E-state index >= 15 is 0 Å². The second-order valence-corrected chi connectivity index (χ2v) is 5.40. The molecule has 4 heteroatoms. The minimum atomic E-state index is 0.109. The molecule has 0 aromatic heterocycles. The van der Waals surface area contributed by atoms with Crippen molar-refractivity contribution in [1.82, 2.24) is 10.6 Å². The zero-order chi connectivity index (χ0) is 11.0. The van der Waals surface area contributed by atoms with Crippen LogP contribution in [0.25, 0.3) is 0 Å². The number of rotatable bonds is 0. The Morgan fingerprint density at radius 2 is 2.06 bits per heavy atom. The Hall–Kier alpha value is -0.610. The van der Waals surface area contributed by atoms with E-state index in [4.69, 9.17) is 4.74 Å². The first-order valence-electron chi connectivity index (χ1n) is 6.42. The molecule has 2 unspecified atom stereocenters. The van der Waals surface area contributed by atoms with Gasteiger partial charge in [-0.2, -0.15) is 0 Å². The number of nitrogens with one attached hydrogen (secondary N) is 2. The van der Waals surface area contributed by atoms with Crippen LogP contribution in [0.4, 0.5) is 0 Å². The van der Waals surface area contributed by atoms with Crippen LogP contribution in [0, 0.1) is 5.92 Å². The van der Waals surface area contributed by atoms with Crippen molar-refractivity contribution in [2.75, 3.05) is 19.8 Å². The molecule has 1 amide bonds. The molecule has 90 valence electrons. The third-order valence-corrected chi connectivity index (χ3v) is 4.40. The van der Waals surface area contributed by atoms with E-state index in [-0.39, 0.29) is 17.4 Å². The molecule has 0 bridgehead atoms. The molecule has 1 aliphatic carbocycles. The summed E-state index contributed by atoms with van der Waals surface area (Å²) in [5.74, 6) is 0.473. The van der Waals surface area contributed by atoms with E-state index in [9.17, 15) is 4.79 Å². The fraction of sp³-hybridized carbons (Fsp3) is 0.917. The molecule has 1 saturated carbocycles. The molecule has 1 spiro atoms. The Kier molecular flexibility index (Phi) is 2.64. The van der Waals surface area contributed by atoms with Gasteiger partial charge in [0.2, 0.25) is 5.91 Å². The van der Waals surface area contributed by atoms with Gasteiger partial charge in [0.15, 0.2) is 0 Å². The van der Waals surface area contributed by atoms with Crippen LogP contribution >= 0.6 is 0 Å². The highest BCUT2D eigenvalue weighted by Gasteiger charge is 2.43. The Bertz CT molecular complexity index is 287. The summed E-state index contributed by atoms with van der Waals surface area (Å²) in [7, 11) is 0. The molecule has 2 N–H and O–H groups in total. The zero-order valence-corrected chi connectivity index (χ0v) is 9.63. The average molecular weight is 224 g/mol. The van der Waals surface area contributed by atoms with Gasteiger partial charge in [0, 0.05) is 31.3 Å². The van der Waals surface area contributed by atoms with E-state index in [1.165, 1.54) is 6.42 Å². The van der Waals surface area contributed by atoms with Gasteiger partial charge in [-0.15, -0.1) is 0 Å². The van der Waals surface area contributed by atoms with Crippen LogP contribution in [0.1, 0.15) is 32.1 Å². The highest BCUT2D eigenvalue weighted by atomic mass is 16.5. The van der Waals surface area contributed by atoms with E-state index < -0.39 is 0 Å². The maximum atomic E-state index is 11.9. The highest BCUT2D eigenvalue weighted by Crippen LogP contribution is 2.32. The van der Waals surface area contributed by atoms with Crippen LogP contribution in [0.15, 0.2) is 0 Å². The fourth-order valence-electron chi connectivity index (χ4n) is 3.36.